The number of hydrogen-bond acceptors (Lipinski definition) is 4. The zero-order valence-electron chi connectivity index (χ0n) is 55.4. The average Bonchev–Trinajstić information content (AvgIpc) is 1.58. The van der Waals surface area contributed by atoms with E-state index in [-0.39, 0.29) is 10.8 Å². The number of rotatable bonds is 32. The van der Waals surface area contributed by atoms with Crippen LogP contribution in [-0.4, -0.2) is 9.97 Å². The molecule has 3 aliphatic rings. The maximum absolute atomic E-state index is 5.84. The highest BCUT2D eigenvalue weighted by Gasteiger charge is 2.44. The summed E-state index contributed by atoms with van der Waals surface area (Å²) in [5, 5.41) is 2.58. The molecule has 3 heterocycles. The molecule has 4 heteroatoms. The van der Waals surface area contributed by atoms with Crippen molar-refractivity contribution in [1.82, 2.24) is 9.97 Å². The summed E-state index contributed by atoms with van der Waals surface area (Å²) in [6.45, 7) is 13.9. The van der Waals surface area contributed by atoms with Gasteiger partial charge in [0.15, 0.2) is 5.82 Å². The second kappa shape index (κ2) is 28.2. The summed E-state index contributed by atoms with van der Waals surface area (Å²) in [5.74, 6) is 0.796. The molecule has 0 bridgehead atoms. The van der Waals surface area contributed by atoms with Crippen LogP contribution in [0, 0.1) is 13.8 Å². The molecule has 0 aliphatic heterocycles. The third kappa shape index (κ3) is 12.4. The lowest BCUT2D eigenvalue weighted by atomic mass is 9.70. The number of benzene rings is 7. The Hall–Kier alpha value is -6.46. The highest BCUT2D eigenvalue weighted by molar-refractivity contribution is 7.29. The Labute approximate surface area is 548 Å². The van der Waals surface area contributed by atoms with Gasteiger partial charge < -0.3 is 0 Å². The molecule has 13 rings (SSSR count). The van der Waals surface area contributed by atoms with Crippen LogP contribution in [0.3, 0.4) is 0 Å². The lowest BCUT2D eigenvalue weighted by Gasteiger charge is -2.33. The number of unbranched alkanes of at least 4 members (excludes halogenated alkanes) is 20. The first-order valence-electron chi connectivity index (χ1n) is 35.9. The smallest absolute Gasteiger partial charge is 0.160 e. The van der Waals surface area contributed by atoms with E-state index in [4.69, 9.17) is 9.97 Å². The van der Waals surface area contributed by atoms with Gasteiger partial charge in [-0.1, -0.05) is 284 Å². The Morgan fingerprint density at radius 2 is 0.756 bits per heavy atom. The maximum atomic E-state index is 5.84. The van der Waals surface area contributed by atoms with Crippen LogP contribution in [0.4, 0.5) is 0 Å². The highest BCUT2D eigenvalue weighted by Crippen LogP contribution is 2.58. The fraction of sp³-hybridized carbons (Fsp3) is 0.419. The largest absolute Gasteiger partial charge is 0.228 e. The van der Waals surface area contributed by atoms with Crippen LogP contribution in [0.1, 0.15) is 240 Å². The van der Waals surface area contributed by atoms with Gasteiger partial charge >= 0.3 is 0 Å². The molecule has 0 atom stereocenters. The molecule has 10 aromatic rings. The molecule has 0 N–H and O–H groups in total. The van der Waals surface area contributed by atoms with Crippen molar-refractivity contribution in [2.24, 2.45) is 0 Å². The lowest BCUT2D eigenvalue weighted by molar-refractivity contribution is 0.398. The van der Waals surface area contributed by atoms with Gasteiger partial charge in [-0.25, -0.2) is 9.97 Å². The van der Waals surface area contributed by atoms with Crippen molar-refractivity contribution in [2.45, 2.75) is 232 Å². The van der Waals surface area contributed by atoms with Gasteiger partial charge in [0.05, 0.1) is 11.4 Å². The monoisotopic (exact) mass is 1220 g/mol. The molecule has 0 spiro atoms. The highest BCUT2D eigenvalue weighted by atomic mass is 32.1. The minimum Gasteiger partial charge on any atom is -0.228 e. The minimum absolute atomic E-state index is 0.0443. The maximum Gasteiger partial charge on any atom is 0.160 e. The molecular formula is C86H98N2S2. The number of thiophene rings is 2. The van der Waals surface area contributed by atoms with Gasteiger partial charge in [0, 0.05) is 46.7 Å². The van der Waals surface area contributed by atoms with Crippen LogP contribution in [0.5, 0.6) is 0 Å². The van der Waals surface area contributed by atoms with Crippen molar-refractivity contribution >= 4 is 42.8 Å². The van der Waals surface area contributed by atoms with E-state index in [0.717, 1.165) is 22.8 Å². The normalized spacial score (nSPS) is 13.8. The van der Waals surface area contributed by atoms with Gasteiger partial charge in [-0.15, -0.1) is 22.7 Å². The summed E-state index contributed by atoms with van der Waals surface area (Å²) >= 11 is 3.91. The second-order valence-corrected chi connectivity index (χ2v) is 30.1. The zero-order valence-corrected chi connectivity index (χ0v) is 57.0. The van der Waals surface area contributed by atoms with Gasteiger partial charge in [0.1, 0.15) is 0 Å². The SMILES string of the molecule is CCCCCCCCC1(CCCCCCCC)c2cc(C)ccc2-c2ccc(-c3cc(-c4ccc5c(c4)C(CCCCCCCC)(CCCCCCCC)c4cc(-c6cc7sc(C)cc7s6)ccc4-5)nc(-c4cc5c6c(cccc6c4)-c4ccccc4-5)n3)cc21. The summed E-state index contributed by atoms with van der Waals surface area (Å²) < 4.78 is 2.83. The zero-order chi connectivity index (χ0) is 61.6. The summed E-state index contributed by atoms with van der Waals surface area (Å²) in [7, 11) is 0. The Balaban J connectivity index is 0.970. The van der Waals surface area contributed by atoms with Gasteiger partial charge in [-0.3, -0.25) is 0 Å². The minimum atomic E-state index is -0.105. The van der Waals surface area contributed by atoms with E-state index in [1.807, 2.05) is 22.7 Å². The predicted molar refractivity (Wildman–Crippen MR) is 393 cm³/mol. The van der Waals surface area contributed by atoms with Crippen LogP contribution >= 0.6 is 22.7 Å². The second-order valence-electron chi connectivity index (χ2n) is 27.7. The van der Waals surface area contributed by atoms with Crippen LogP contribution in [0.2, 0.25) is 0 Å². The molecule has 7 aromatic carbocycles. The number of aryl methyl sites for hydroxylation is 2. The van der Waals surface area contributed by atoms with Crippen molar-refractivity contribution in [3.8, 4) is 88.9 Å². The predicted octanol–water partition coefficient (Wildman–Crippen LogP) is 27.4. The fourth-order valence-corrected chi connectivity index (χ4v) is 19.0. The van der Waals surface area contributed by atoms with E-state index in [9.17, 15) is 0 Å². The summed E-state index contributed by atoms with van der Waals surface area (Å²) in [6.07, 6.45) is 35.9. The third-order valence-electron chi connectivity index (χ3n) is 21.4. The van der Waals surface area contributed by atoms with Crippen LogP contribution in [0.15, 0.2) is 146 Å². The molecule has 2 nitrogen and oxygen atoms in total. The van der Waals surface area contributed by atoms with Crippen molar-refractivity contribution in [2.75, 3.05) is 0 Å². The fourth-order valence-electron chi connectivity index (χ4n) is 16.6. The quantitative estimate of drug-likeness (QED) is 0.0393. The van der Waals surface area contributed by atoms with Crippen molar-refractivity contribution in [1.29, 1.82) is 0 Å². The topological polar surface area (TPSA) is 25.8 Å². The molecule has 0 saturated carbocycles. The van der Waals surface area contributed by atoms with Crippen LogP contribution in [-0.2, 0) is 10.8 Å². The van der Waals surface area contributed by atoms with Crippen molar-refractivity contribution < 1.29 is 0 Å². The third-order valence-corrected chi connectivity index (χ3v) is 23.6. The first-order chi connectivity index (χ1) is 44.2. The standard InChI is InChI=1S/C86H98N2S2/c1-7-11-15-19-23-29-46-85(47-30-24-20-16-12-8-2)74-50-59(5)38-42-68(74)69-43-39-61(54-75(69)85)78-57-79(88-84(87-78)65-52-64-34-33-37-72-66-35-27-28-36-67(66)73(53-65)83(64)72)62-40-44-70-71-45-41-63(80-58-82-81(90-80)51-60(6)89-82)56-77(71)86(76(70)55-62,48-31-25-21-17-13-9-3)49-32-26-22-18-14-10-4/h27-28,33-45,50-58H,7-26,29-32,46-49H2,1-6H3. The molecule has 0 saturated heterocycles. The van der Waals surface area contributed by atoms with E-state index < -0.39 is 0 Å². The van der Waals surface area contributed by atoms with Gasteiger partial charge in [0.25, 0.3) is 0 Å². The molecule has 90 heavy (non-hydrogen) atoms. The van der Waals surface area contributed by atoms with E-state index in [1.165, 1.54) is 288 Å². The molecule has 3 aromatic heterocycles. The van der Waals surface area contributed by atoms with Crippen LogP contribution in [0.25, 0.3) is 109 Å². The molecule has 0 fully saturated rings. The summed E-state index contributed by atoms with van der Waals surface area (Å²) in [5.41, 5.74) is 25.2. The van der Waals surface area contributed by atoms with E-state index in [1.54, 1.807) is 11.1 Å². The number of fused-ring (bicyclic) bond motifs is 10. The summed E-state index contributed by atoms with van der Waals surface area (Å²) in [4.78, 5) is 14.4. The van der Waals surface area contributed by atoms with Crippen molar-refractivity contribution in [3.63, 3.8) is 0 Å². The van der Waals surface area contributed by atoms with E-state index >= 15 is 0 Å². The van der Waals surface area contributed by atoms with Gasteiger partial charge in [0.2, 0.25) is 0 Å². The van der Waals surface area contributed by atoms with Crippen molar-refractivity contribution in [3.05, 3.63) is 178 Å². The molecule has 3 aliphatic carbocycles. The number of nitrogens with zero attached hydrogens (tertiary/aromatic N) is 2. The lowest BCUT2D eigenvalue weighted by Crippen LogP contribution is -2.26. The Morgan fingerprint density at radius 1 is 0.322 bits per heavy atom. The molecule has 0 radical (unpaired) electrons. The van der Waals surface area contributed by atoms with Gasteiger partial charge in [-0.2, -0.15) is 0 Å². The molecule has 0 amide bonds. The molecule has 0 unspecified atom stereocenters. The Kier molecular flexibility index (Phi) is 19.5. The molecule has 464 valence electrons. The first-order valence-corrected chi connectivity index (χ1v) is 37.5. The van der Waals surface area contributed by atoms with Crippen LogP contribution < -0.4 is 0 Å². The Morgan fingerprint density at radius 3 is 1.27 bits per heavy atom. The number of hydrogen-bond donors (Lipinski definition) is 0. The summed E-state index contributed by atoms with van der Waals surface area (Å²) in [6, 6.07) is 57.9. The van der Waals surface area contributed by atoms with Gasteiger partial charge in [-0.05, 0) is 171 Å². The Bertz CT molecular complexity index is 4080. The first kappa shape index (κ1) is 62.4. The molecular weight excluding hydrogens is 1130 g/mol. The number of aromatic nitrogens is 2. The van der Waals surface area contributed by atoms with E-state index in [2.05, 4.69) is 187 Å². The average molecular weight is 1220 g/mol. The van der Waals surface area contributed by atoms with E-state index in [0.29, 0.717) is 0 Å².